The Morgan fingerprint density at radius 1 is 0.903 bits per heavy atom. The molecule has 0 saturated carbocycles. The zero-order valence-electron chi connectivity index (χ0n) is 18.6. The molecule has 0 aliphatic carbocycles. The summed E-state index contributed by atoms with van der Waals surface area (Å²) < 4.78 is 18.5. The van der Waals surface area contributed by atoms with Gasteiger partial charge in [0.05, 0.1) is 21.3 Å². The van der Waals surface area contributed by atoms with Gasteiger partial charge >= 0.3 is 0 Å². The largest absolute Gasteiger partial charge is 0.493 e. The molecule has 2 heterocycles. The molecule has 3 aromatic rings. The van der Waals surface area contributed by atoms with Crippen LogP contribution in [-0.4, -0.2) is 67.8 Å². The standard InChI is InChI=1S/C24H29N3O4/c1-25-19-8-6-5-7-17(19)15-20(25)24(28)27-13-11-26(12-14-27)16-18-9-10-21(29-2)23(31-4)22(18)30-3/h5-10,15H,11-14,16H2,1-4H3. The lowest BCUT2D eigenvalue weighted by molar-refractivity contribution is 0.0618. The molecule has 0 atom stereocenters. The Morgan fingerprint density at radius 3 is 2.26 bits per heavy atom. The number of rotatable bonds is 6. The van der Waals surface area contributed by atoms with Crippen LogP contribution in [0.1, 0.15) is 16.1 Å². The van der Waals surface area contributed by atoms with Crippen LogP contribution in [0, 0.1) is 0 Å². The maximum atomic E-state index is 13.1. The van der Waals surface area contributed by atoms with Gasteiger partial charge in [-0.25, -0.2) is 0 Å². The van der Waals surface area contributed by atoms with Gasteiger partial charge in [-0.05, 0) is 18.2 Å². The second-order valence-electron chi connectivity index (χ2n) is 7.71. The molecule has 164 valence electrons. The second kappa shape index (κ2) is 8.89. The van der Waals surface area contributed by atoms with Crippen LogP contribution in [0.4, 0.5) is 0 Å². The van der Waals surface area contributed by atoms with Crippen LogP contribution in [0.2, 0.25) is 0 Å². The third-order valence-electron chi connectivity index (χ3n) is 6.01. The highest BCUT2D eigenvalue weighted by molar-refractivity contribution is 5.98. The first-order valence-corrected chi connectivity index (χ1v) is 10.4. The molecule has 7 nitrogen and oxygen atoms in total. The number of aryl methyl sites for hydroxylation is 1. The maximum absolute atomic E-state index is 13.1. The molecule has 1 fully saturated rings. The summed E-state index contributed by atoms with van der Waals surface area (Å²) in [5.74, 6) is 2.03. The Morgan fingerprint density at radius 2 is 1.61 bits per heavy atom. The van der Waals surface area contributed by atoms with E-state index in [1.165, 1.54) is 0 Å². The van der Waals surface area contributed by atoms with Gasteiger partial charge in [-0.2, -0.15) is 0 Å². The number of piperazine rings is 1. The highest BCUT2D eigenvalue weighted by Crippen LogP contribution is 2.40. The van der Waals surface area contributed by atoms with E-state index in [0.717, 1.165) is 41.8 Å². The summed E-state index contributed by atoms with van der Waals surface area (Å²) in [4.78, 5) is 17.4. The van der Waals surface area contributed by atoms with Crippen molar-refractivity contribution >= 4 is 16.8 Å². The lowest BCUT2D eigenvalue weighted by Crippen LogP contribution is -2.48. The quantitative estimate of drug-likeness (QED) is 0.610. The summed E-state index contributed by atoms with van der Waals surface area (Å²) in [6.07, 6.45) is 0. The summed E-state index contributed by atoms with van der Waals surface area (Å²) >= 11 is 0. The minimum atomic E-state index is 0.0852. The zero-order valence-corrected chi connectivity index (χ0v) is 18.6. The summed E-state index contributed by atoms with van der Waals surface area (Å²) in [7, 11) is 6.82. The number of nitrogens with zero attached hydrogens (tertiary/aromatic N) is 3. The zero-order chi connectivity index (χ0) is 22.0. The maximum Gasteiger partial charge on any atom is 0.270 e. The van der Waals surface area contributed by atoms with Gasteiger partial charge in [-0.3, -0.25) is 9.69 Å². The first-order chi connectivity index (χ1) is 15.1. The minimum Gasteiger partial charge on any atom is -0.493 e. The van der Waals surface area contributed by atoms with Crippen LogP contribution in [0.5, 0.6) is 17.2 Å². The van der Waals surface area contributed by atoms with Crippen molar-refractivity contribution in [3.05, 3.63) is 53.7 Å². The lowest BCUT2D eigenvalue weighted by Gasteiger charge is -2.35. The molecule has 1 aliphatic heterocycles. The van der Waals surface area contributed by atoms with E-state index in [0.29, 0.717) is 30.3 Å². The molecule has 4 rings (SSSR count). The monoisotopic (exact) mass is 423 g/mol. The van der Waals surface area contributed by atoms with Crippen LogP contribution in [0.3, 0.4) is 0 Å². The summed E-state index contributed by atoms with van der Waals surface area (Å²) in [6, 6.07) is 14.0. The second-order valence-corrected chi connectivity index (χ2v) is 7.71. The SMILES string of the molecule is COc1ccc(CN2CCN(C(=O)c3cc4ccccc4n3C)CC2)c(OC)c1OC. The van der Waals surface area contributed by atoms with Gasteiger partial charge in [0.2, 0.25) is 5.75 Å². The van der Waals surface area contributed by atoms with Gasteiger partial charge in [0.25, 0.3) is 5.91 Å². The Bertz CT molecular complexity index is 1080. The fraction of sp³-hybridized carbons (Fsp3) is 0.375. The number of carbonyl (C=O) groups excluding carboxylic acids is 1. The van der Waals surface area contributed by atoms with E-state index in [-0.39, 0.29) is 5.91 Å². The topological polar surface area (TPSA) is 56.2 Å². The van der Waals surface area contributed by atoms with Crippen LogP contribution < -0.4 is 14.2 Å². The van der Waals surface area contributed by atoms with Crippen LogP contribution in [-0.2, 0) is 13.6 Å². The predicted molar refractivity (Wildman–Crippen MR) is 120 cm³/mol. The van der Waals surface area contributed by atoms with E-state index in [4.69, 9.17) is 14.2 Å². The van der Waals surface area contributed by atoms with E-state index in [2.05, 4.69) is 4.90 Å². The number of carbonyl (C=O) groups is 1. The number of fused-ring (bicyclic) bond motifs is 1. The number of para-hydroxylation sites is 1. The molecule has 0 N–H and O–H groups in total. The van der Waals surface area contributed by atoms with Crippen molar-refractivity contribution in [1.29, 1.82) is 0 Å². The molecule has 0 radical (unpaired) electrons. The van der Waals surface area contributed by atoms with Crippen molar-refractivity contribution in [3.8, 4) is 17.2 Å². The molecule has 0 bridgehead atoms. The molecular weight excluding hydrogens is 394 g/mol. The Hall–Kier alpha value is -3.19. The third-order valence-corrected chi connectivity index (χ3v) is 6.01. The minimum absolute atomic E-state index is 0.0852. The Labute approximate surface area is 182 Å². The summed E-state index contributed by atoms with van der Waals surface area (Å²) in [5, 5.41) is 1.09. The van der Waals surface area contributed by atoms with Crippen LogP contribution >= 0.6 is 0 Å². The van der Waals surface area contributed by atoms with Gasteiger partial charge in [-0.15, -0.1) is 0 Å². The van der Waals surface area contributed by atoms with Gasteiger partial charge < -0.3 is 23.7 Å². The normalized spacial score (nSPS) is 14.6. The predicted octanol–water partition coefficient (Wildman–Crippen LogP) is 3.16. The molecule has 1 amide bonds. The van der Waals surface area contributed by atoms with Crippen molar-refractivity contribution in [2.24, 2.45) is 7.05 Å². The number of aromatic nitrogens is 1. The molecule has 2 aromatic carbocycles. The highest BCUT2D eigenvalue weighted by atomic mass is 16.5. The fourth-order valence-electron chi connectivity index (χ4n) is 4.29. The molecule has 1 aliphatic rings. The smallest absolute Gasteiger partial charge is 0.270 e. The van der Waals surface area contributed by atoms with E-state index in [1.807, 2.05) is 59.0 Å². The first kappa shape index (κ1) is 21.1. The van der Waals surface area contributed by atoms with Gasteiger partial charge in [0.15, 0.2) is 11.5 Å². The van der Waals surface area contributed by atoms with Crippen LogP contribution in [0.25, 0.3) is 10.9 Å². The van der Waals surface area contributed by atoms with Crippen molar-refractivity contribution in [2.75, 3.05) is 47.5 Å². The van der Waals surface area contributed by atoms with Crippen molar-refractivity contribution in [1.82, 2.24) is 14.4 Å². The molecule has 1 aromatic heterocycles. The number of benzene rings is 2. The molecule has 0 unspecified atom stereocenters. The van der Waals surface area contributed by atoms with Gasteiger partial charge in [0, 0.05) is 56.2 Å². The number of amides is 1. The molecule has 1 saturated heterocycles. The average molecular weight is 424 g/mol. The van der Waals surface area contributed by atoms with E-state index < -0.39 is 0 Å². The van der Waals surface area contributed by atoms with E-state index in [1.54, 1.807) is 21.3 Å². The first-order valence-electron chi connectivity index (χ1n) is 10.4. The third kappa shape index (κ3) is 3.93. The van der Waals surface area contributed by atoms with E-state index in [9.17, 15) is 4.79 Å². The van der Waals surface area contributed by atoms with Crippen LogP contribution in [0.15, 0.2) is 42.5 Å². The fourth-order valence-corrected chi connectivity index (χ4v) is 4.29. The molecule has 7 heteroatoms. The number of hydrogen-bond acceptors (Lipinski definition) is 5. The number of hydrogen-bond donors (Lipinski definition) is 0. The number of methoxy groups -OCH3 is 3. The molecule has 31 heavy (non-hydrogen) atoms. The van der Waals surface area contributed by atoms with E-state index >= 15 is 0 Å². The van der Waals surface area contributed by atoms with Crippen molar-refractivity contribution < 1.29 is 19.0 Å². The molecular formula is C24H29N3O4. The van der Waals surface area contributed by atoms with Crippen molar-refractivity contribution in [3.63, 3.8) is 0 Å². The van der Waals surface area contributed by atoms with Crippen molar-refractivity contribution in [2.45, 2.75) is 6.54 Å². The number of ether oxygens (including phenoxy) is 3. The highest BCUT2D eigenvalue weighted by Gasteiger charge is 2.26. The average Bonchev–Trinajstić information content (AvgIpc) is 3.15. The van der Waals surface area contributed by atoms with Gasteiger partial charge in [-0.1, -0.05) is 24.3 Å². The summed E-state index contributed by atoms with van der Waals surface area (Å²) in [6.45, 7) is 3.70. The van der Waals surface area contributed by atoms with Gasteiger partial charge in [0.1, 0.15) is 5.69 Å². The Kier molecular flexibility index (Phi) is 6.04. The lowest BCUT2D eigenvalue weighted by atomic mass is 10.1. The summed E-state index contributed by atoms with van der Waals surface area (Å²) in [5.41, 5.74) is 2.84. The Balaban J connectivity index is 1.44. The molecule has 0 spiro atoms.